The first kappa shape index (κ1) is 48.9. The van der Waals surface area contributed by atoms with Crippen molar-refractivity contribution < 1.29 is 98.7 Å². The molecule has 0 saturated carbocycles. The Morgan fingerprint density at radius 2 is 1.20 bits per heavy atom. The number of hydrogen-bond acceptors (Lipinski definition) is 22. The lowest BCUT2D eigenvalue weighted by molar-refractivity contribution is -0.393. The molecule has 15 atom stereocenters. The van der Waals surface area contributed by atoms with E-state index in [2.05, 4.69) is 5.32 Å². The minimum absolute atomic E-state index is 0.00834. The van der Waals surface area contributed by atoms with E-state index in [1.807, 2.05) is 0 Å². The fourth-order valence-corrected chi connectivity index (χ4v) is 7.09. The second kappa shape index (κ2) is 24.1. The van der Waals surface area contributed by atoms with Gasteiger partial charge in [-0.2, -0.15) is 11.8 Å². The fraction of sp³-hybridized carbons (Fsp3) is 0.771. The van der Waals surface area contributed by atoms with Gasteiger partial charge in [0.2, 0.25) is 5.91 Å². The third-order valence-corrected chi connectivity index (χ3v) is 10.7. The second-order valence-electron chi connectivity index (χ2n) is 13.9. The molecule has 336 valence electrons. The highest BCUT2D eigenvalue weighted by atomic mass is 32.2. The van der Waals surface area contributed by atoms with Crippen molar-refractivity contribution in [1.82, 2.24) is 5.32 Å². The van der Waals surface area contributed by atoms with Gasteiger partial charge in [0.15, 0.2) is 18.9 Å². The number of esters is 1. The Bertz CT molecular complexity index is 1450. The molecule has 0 aliphatic carbocycles. The van der Waals surface area contributed by atoms with Gasteiger partial charge >= 0.3 is 5.97 Å². The minimum atomic E-state index is -1.93. The van der Waals surface area contributed by atoms with Crippen molar-refractivity contribution in [2.24, 2.45) is 0 Å². The van der Waals surface area contributed by atoms with Crippen molar-refractivity contribution >= 4 is 29.3 Å². The predicted molar refractivity (Wildman–Crippen MR) is 197 cm³/mol. The standard InChI is InChI=1S/C35H54N2O21S/c38-14-19-24(43)27(46)30(49)33(54-19)57-32-29(48)26(45)21(16-40)56-35(32)58-31-28(47)25(44)20(15-39)55-34(31)52-11-3-12-59-13-10-36-22(41)4-1-2-5-23(42)53-18-8-6-17(7-9-18)37(50)51/h6-9,19-21,24-35,38-40,43-49H,1-5,10-16H2,(H,36,41)/t19-,20-,21-,24-,25-,26-,27+,28+,29+,30+,31+,32+,33+,34-,35+/m1/s1. The Labute approximate surface area is 341 Å². The molecule has 3 fully saturated rings. The zero-order valence-electron chi connectivity index (χ0n) is 31.8. The molecule has 0 aromatic heterocycles. The molecule has 23 nitrogen and oxygen atoms in total. The number of nitro groups is 1. The van der Waals surface area contributed by atoms with Crippen LogP contribution in [0.25, 0.3) is 0 Å². The molecule has 24 heteroatoms. The van der Waals surface area contributed by atoms with Crippen LogP contribution in [0, 0.1) is 10.1 Å². The molecule has 1 amide bonds. The van der Waals surface area contributed by atoms with Gasteiger partial charge in [-0.3, -0.25) is 19.7 Å². The van der Waals surface area contributed by atoms with E-state index in [0.29, 0.717) is 37.3 Å². The molecular weight excluding hydrogens is 816 g/mol. The number of benzene rings is 1. The highest BCUT2D eigenvalue weighted by molar-refractivity contribution is 7.99. The van der Waals surface area contributed by atoms with Crippen molar-refractivity contribution in [1.29, 1.82) is 0 Å². The van der Waals surface area contributed by atoms with Gasteiger partial charge in [0.05, 0.1) is 31.4 Å². The van der Waals surface area contributed by atoms with Gasteiger partial charge in [0.1, 0.15) is 79.0 Å². The number of nitro benzene ring substituents is 1. The van der Waals surface area contributed by atoms with E-state index >= 15 is 0 Å². The number of thioether (sulfide) groups is 1. The van der Waals surface area contributed by atoms with E-state index in [-0.39, 0.29) is 36.8 Å². The average molecular weight is 871 g/mol. The van der Waals surface area contributed by atoms with E-state index < -0.39 is 123 Å². The Hall–Kier alpha value is -2.73. The van der Waals surface area contributed by atoms with Crippen LogP contribution in [0.3, 0.4) is 0 Å². The lowest BCUT2D eigenvalue weighted by atomic mass is 9.96. The molecule has 1 aromatic rings. The van der Waals surface area contributed by atoms with E-state index in [4.69, 9.17) is 33.2 Å². The van der Waals surface area contributed by atoms with E-state index in [1.165, 1.54) is 36.0 Å². The van der Waals surface area contributed by atoms with Crippen molar-refractivity contribution in [3.05, 3.63) is 34.4 Å². The summed E-state index contributed by atoms with van der Waals surface area (Å²) in [5.74, 6) is 0.547. The molecular formula is C35H54N2O21S. The van der Waals surface area contributed by atoms with Crippen molar-refractivity contribution in [3.8, 4) is 5.75 Å². The Morgan fingerprint density at radius 1 is 0.678 bits per heavy atom. The summed E-state index contributed by atoms with van der Waals surface area (Å²) in [4.78, 5) is 34.4. The number of rotatable bonds is 22. The van der Waals surface area contributed by atoms with Gasteiger partial charge in [0.25, 0.3) is 5.69 Å². The van der Waals surface area contributed by atoms with Crippen LogP contribution in [0.1, 0.15) is 32.1 Å². The number of carbonyl (C=O) groups excluding carboxylic acids is 2. The first-order valence-corrected chi connectivity index (χ1v) is 20.1. The maximum atomic E-state index is 12.2. The summed E-state index contributed by atoms with van der Waals surface area (Å²) in [6, 6.07) is 5.10. The van der Waals surface area contributed by atoms with Gasteiger partial charge in [-0.15, -0.1) is 0 Å². The van der Waals surface area contributed by atoms with Crippen molar-refractivity contribution in [3.63, 3.8) is 0 Å². The number of ether oxygens (including phenoxy) is 7. The smallest absolute Gasteiger partial charge is 0.311 e. The third kappa shape index (κ3) is 13.6. The summed E-state index contributed by atoms with van der Waals surface area (Å²) in [6.45, 7) is -1.97. The molecule has 0 spiro atoms. The third-order valence-electron chi connectivity index (χ3n) is 9.68. The van der Waals surface area contributed by atoms with Gasteiger partial charge in [-0.1, -0.05) is 0 Å². The first-order chi connectivity index (χ1) is 28.2. The van der Waals surface area contributed by atoms with Gasteiger partial charge in [-0.05, 0) is 37.1 Å². The lowest BCUT2D eigenvalue weighted by Gasteiger charge is -2.48. The summed E-state index contributed by atoms with van der Waals surface area (Å²) < 4.78 is 39.2. The molecule has 59 heavy (non-hydrogen) atoms. The number of unbranched alkanes of at least 4 members (excludes halogenated alkanes) is 1. The Kier molecular flexibility index (Phi) is 19.9. The van der Waals surface area contributed by atoms with Crippen LogP contribution in [-0.4, -0.2) is 204 Å². The summed E-state index contributed by atoms with van der Waals surface area (Å²) in [7, 11) is 0. The number of aliphatic hydroxyl groups excluding tert-OH is 10. The Morgan fingerprint density at radius 3 is 1.80 bits per heavy atom. The number of amides is 1. The largest absolute Gasteiger partial charge is 0.427 e. The predicted octanol–water partition coefficient (Wildman–Crippen LogP) is -4.23. The normalized spacial score (nSPS) is 34.9. The molecule has 11 N–H and O–H groups in total. The molecule has 3 aliphatic heterocycles. The van der Waals surface area contributed by atoms with E-state index in [1.54, 1.807) is 0 Å². The van der Waals surface area contributed by atoms with Gasteiger partial charge < -0.3 is 89.5 Å². The highest BCUT2D eigenvalue weighted by Crippen LogP contribution is 2.33. The van der Waals surface area contributed by atoms with Crippen LogP contribution < -0.4 is 10.1 Å². The summed E-state index contributed by atoms with van der Waals surface area (Å²) >= 11 is 1.49. The van der Waals surface area contributed by atoms with Crippen LogP contribution >= 0.6 is 11.8 Å². The van der Waals surface area contributed by atoms with Gasteiger partial charge in [0, 0.05) is 37.3 Å². The summed E-state index contributed by atoms with van der Waals surface area (Å²) in [5.41, 5.74) is -0.129. The number of carbonyl (C=O) groups is 2. The number of nitrogens with zero attached hydrogens (tertiary/aromatic N) is 1. The number of non-ortho nitro benzene ring substituents is 1. The zero-order chi connectivity index (χ0) is 43.2. The first-order valence-electron chi connectivity index (χ1n) is 19.0. The second-order valence-corrected chi connectivity index (χ2v) is 15.2. The minimum Gasteiger partial charge on any atom is -0.427 e. The number of nitrogens with one attached hydrogen (secondary N) is 1. The van der Waals surface area contributed by atoms with Crippen LogP contribution in [0.2, 0.25) is 0 Å². The maximum absolute atomic E-state index is 12.2. The summed E-state index contributed by atoms with van der Waals surface area (Å²) in [6.07, 6.45) is -23.9. The highest BCUT2D eigenvalue weighted by Gasteiger charge is 2.54. The molecule has 4 rings (SSSR count). The topological polar surface area (TPSA) is 356 Å². The lowest BCUT2D eigenvalue weighted by Crippen LogP contribution is -2.67. The van der Waals surface area contributed by atoms with E-state index in [0.717, 1.165) is 0 Å². The molecule has 3 saturated heterocycles. The van der Waals surface area contributed by atoms with E-state index in [9.17, 15) is 70.8 Å². The quantitative estimate of drug-likeness (QED) is 0.0173. The average Bonchev–Trinajstić information content (AvgIpc) is 3.22. The molecule has 3 aliphatic rings. The van der Waals surface area contributed by atoms with Crippen LogP contribution in [0.4, 0.5) is 5.69 Å². The molecule has 0 radical (unpaired) electrons. The number of aliphatic hydroxyl groups is 10. The van der Waals surface area contributed by atoms with Crippen LogP contribution in [0.5, 0.6) is 5.75 Å². The molecule has 3 heterocycles. The fourth-order valence-electron chi connectivity index (χ4n) is 6.32. The summed E-state index contributed by atoms with van der Waals surface area (Å²) in [5, 5.41) is 117. The zero-order valence-corrected chi connectivity index (χ0v) is 32.6. The molecule has 1 aromatic carbocycles. The Balaban J connectivity index is 1.21. The van der Waals surface area contributed by atoms with Crippen molar-refractivity contribution in [2.45, 2.75) is 124 Å². The number of hydrogen-bond donors (Lipinski definition) is 11. The van der Waals surface area contributed by atoms with Crippen LogP contribution in [0.15, 0.2) is 24.3 Å². The molecule has 0 bridgehead atoms. The molecule has 0 unspecified atom stereocenters. The van der Waals surface area contributed by atoms with Crippen molar-refractivity contribution in [2.75, 3.05) is 44.5 Å². The van der Waals surface area contributed by atoms with Crippen LogP contribution in [-0.2, 0) is 38.0 Å². The monoisotopic (exact) mass is 870 g/mol. The maximum Gasteiger partial charge on any atom is 0.311 e. The van der Waals surface area contributed by atoms with Gasteiger partial charge in [-0.25, -0.2) is 0 Å². The SMILES string of the molecule is O=C(CCCCC(=O)Oc1ccc([N+](=O)[O-])cc1)NCCSCCCO[C@@H]1O[C@H](CO)[C@@H](O)[C@H](O)[C@@H]1O[C@@H]1O[C@H](CO)[C@@H](O)[C@H](O)[C@@H]1O[C@@H]1O[C@H](CO)[C@@H](O)[C@H](O)[C@@H]1O.